The van der Waals surface area contributed by atoms with Gasteiger partial charge in [0.15, 0.2) is 0 Å². The van der Waals surface area contributed by atoms with Crippen molar-refractivity contribution in [1.29, 1.82) is 0 Å². The zero-order valence-electron chi connectivity index (χ0n) is 6.91. The van der Waals surface area contributed by atoms with E-state index in [2.05, 4.69) is 6.58 Å². The topological polar surface area (TPSA) is 43.4 Å². The lowest BCUT2D eigenvalue weighted by molar-refractivity contribution is -0.150. The molecule has 0 aromatic rings. The van der Waals surface area contributed by atoms with Gasteiger partial charge in [-0.2, -0.15) is 0 Å². The van der Waals surface area contributed by atoms with Gasteiger partial charge in [0.05, 0.1) is 0 Å². The molecule has 0 saturated carbocycles. The predicted molar refractivity (Wildman–Crippen MR) is 43.6 cm³/mol. The van der Waals surface area contributed by atoms with E-state index in [1.807, 2.05) is 0 Å². The highest BCUT2D eigenvalue weighted by Crippen LogP contribution is 2.12. The van der Waals surface area contributed by atoms with Gasteiger partial charge in [-0.3, -0.25) is 9.59 Å². The standard InChI is InChI=1S/C9H12O3/c1-2-8-5-3-4-7(10)6-9(11)12-8/h2,8H,1,3-6H2. The Bertz CT molecular complexity index is 208. The quantitative estimate of drug-likeness (QED) is 0.336. The number of esters is 1. The Balaban J connectivity index is 2.53. The Morgan fingerprint density at radius 3 is 2.92 bits per heavy atom. The summed E-state index contributed by atoms with van der Waals surface area (Å²) in [6.45, 7) is 3.55. The van der Waals surface area contributed by atoms with Crippen LogP contribution in [0.4, 0.5) is 0 Å². The van der Waals surface area contributed by atoms with Gasteiger partial charge in [-0.05, 0) is 12.8 Å². The molecular weight excluding hydrogens is 156 g/mol. The Kier molecular flexibility index (Phi) is 3.02. The van der Waals surface area contributed by atoms with Crippen LogP contribution in [0, 0.1) is 0 Å². The molecule has 3 heteroatoms. The van der Waals surface area contributed by atoms with Gasteiger partial charge in [0, 0.05) is 6.42 Å². The summed E-state index contributed by atoms with van der Waals surface area (Å²) < 4.78 is 4.93. The van der Waals surface area contributed by atoms with Gasteiger partial charge < -0.3 is 4.74 Å². The minimum atomic E-state index is -0.426. The van der Waals surface area contributed by atoms with Crippen molar-refractivity contribution in [3.8, 4) is 0 Å². The number of hydrogen-bond acceptors (Lipinski definition) is 3. The lowest BCUT2D eigenvalue weighted by Gasteiger charge is -2.16. The Hall–Kier alpha value is -1.12. The van der Waals surface area contributed by atoms with E-state index in [1.54, 1.807) is 6.08 Å². The highest BCUT2D eigenvalue weighted by atomic mass is 16.5. The van der Waals surface area contributed by atoms with Gasteiger partial charge in [0.25, 0.3) is 0 Å². The molecule has 1 atom stereocenters. The SMILES string of the molecule is C=CC1CCCC(=O)CC(=O)O1. The smallest absolute Gasteiger partial charge is 0.313 e. The molecule has 1 aliphatic rings. The molecule has 66 valence electrons. The van der Waals surface area contributed by atoms with Crippen LogP contribution in [0.3, 0.4) is 0 Å². The van der Waals surface area contributed by atoms with Crippen LogP contribution in [-0.4, -0.2) is 17.9 Å². The molecule has 1 saturated heterocycles. The second-order valence-electron chi connectivity index (χ2n) is 2.87. The van der Waals surface area contributed by atoms with Gasteiger partial charge in [0.2, 0.25) is 0 Å². The van der Waals surface area contributed by atoms with Crippen LogP contribution >= 0.6 is 0 Å². The van der Waals surface area contributed by atoms with Crippen LogP contribution in [0.5, 0.6) is 0 Å². The summed E-state index contributed by atoms with van der Waals surface area (Å²) in [4.78, 5) is 21.8. The summed E-state index contributed by atoms with van der Waals surface area (Å²) in [7, 11) is 0. The Morgan fingerprint density at radius 2 is 2.25 bits per heavy atom. The number of rotatable bonds is 1. The molecule has 0 radical (unpaired) electrons. The van der Waals surface area contributed by atoms with Gasteiger partial charge in [-0.25, -0.2) is 0 Å². The molecular formula is C9H12O3. The number of Topliss-reactive ketones (excluding diaryl/α,β-unsaturated/α-hetero) is 1. The molecule has 1 heterocycles. The van der Waals surface area contributed by atoms with E-state index in [0.717, 1.165) is 6.42 Å². The fourth-order valence-electron chi connectivity index (χ4n) is 1.19. The van der Waals surface area contributed by atoms with Crippen molar-refractivity contribution < 1.29 is 14.3 Å². The fourth-order valence-corrected chi connectivity index (χ4v) is 1.19. The number of ether oxygens (including phenoxy) is 1. The van der Waals surface area contributed by atoms with Crippen LogP contribution in [-0.2, 0) is 14.3 Å². The first-order valence-electron chi connectivity index (χ1n) is 4.06. The summed E-state index contributed by atoms with van der Waals surface area (Å²) in [6, 6.07) is 0. The van der Waals surface area contributed by atoms with Gasteiger partial charge >= 0.3 is 5.97 Å². The number of ketones is 1. The molecule has 0 amide bonds. The summed E-state index contributed by atoms with van der Waals surface area (Å²) in [5.74, 6) is -0.452. The minimum Gasteiger partial charge on any atom is -0.458 e. The van der Waals surface area contributed by atoms with Crippen LogP contribution in [0.1, 0.15) is 25.7 Å². The summed E-state index contributed by atoms with van der Waals surface area (Å²) in [5, 5.41) is 0. The molecule has 0 bridgehead atoms. The van der Waals surface area contributed by atoms with E-state index in [-0.39, 0.29) is 18.3 Å². The van der Waals surface area contributed by atoms with Crippen molar-refractivity contribution in [1.82, 2.24) is 0 Å². The number of cyclic esters (lactones) is 1. The van der Waals surface area contributed by atoms with Crippen molar-refractivity contribution in [2.45, 2.75) is 31.8 Å². The second-order valence-corrected chi connectivity index (χ2v) is 2.87. The summed E-state index contributed by atoms with van der Waals surface area (Å²) in [5.41, 5.74) is 0. The highest BCUT2D eigenvalue weighted by molar-refractivity contribution is 5.95. The lowest BCUT2D eigenvalue weighted by Crippen LogP contribution is -2.21. The molecule has 12 heavy (non-hydrogen) atoms. The first-order chi connectivity index (χ1) is 5.72. The van der Waals surface area contributed by atoms with Crippen LogP contribution in [0.25, 0.3) is 0 Å². The minimum absolute atomic E-state index is 0.0255. The molecule has 0 N–H and O–H groups in total. The first-order valence-corrected chi connectivity index (χ1v) is 4.06. The molecule has 3 nitrogen and oxygen atoms in total. The molecule has 0 spiro atoms. The summed E-state index contributed by atoms with van der Waals surface area (Å²) >= 11 is 0. The molecule has 1 unspecified atom stereocenters. The zero-order chi connectivity index (χ0) is 8.97. The second kappa shape index (κ2) is 4.04. The average Bonchev–Trinajstić information content (AvgIpc) is 1.99. The van der Waals surface area contributed by atoms with Gasteiger partial charge in [-0.1, -0.05) is 12.7 Å². The van der Waals surface area contributed by atoms with Crippen LogP contribution in [0.2, 0.25) is 0 Å². The monoisotopic (exact) mass is 168 g/mol. The van der Waals surface area contributed by atoms with Crippen molar-refractivity contribution in [3.05, 3.63) is 12.7 Å². The van der Waals surface area contributed by atoms with E-state index in [1.165, 1.54) is 0 Å². The normalized spacial score (nSPS) is 25.5. The maximum Gasteiger partial charge on any atom is 0.313 e. The lowest BCUT2D eigenvalue weighted by atomic mass is 10.1. The van der Waals surface area contributed by atoms with Crippen molar-refractivity contribution in [3.63, 3.8) is 0 Å². The van der Waals surface area contributed by atoms with E-state index in [0.29, 0.717) is 12.8 Å². The maximum absolute atomic E-state index is 10.9. The van der Waals surface area contributed by atoms with E-state index >= 15 is 0 Å². The molecule has 1 rings (SSSR count). The Morgan fingerprint density at radius 1 is 1.50 bits per heavy atom. The maximum atomic E-state index is 10.9. The Labute approximate surface area is 71.4 Å². The van der Waals surface area contributed by atoms with Crippen LogP contribution < -0.4 is 0 Å². The molecule has 1 fully saturated rings. The van der Waals surface area contributed by atoms with Crippen molar-refractivity contribution in [2.24, 2.45) is 0 Å². The molecule has 0 aromatic carbocycles. The highest BCUT2D eigenvalue weighted by Gasteiger charge is 2.18. The van der Waals surface area contributed by atoms with Gasteiger partial charge in [-0.15, -0.1) is 0 Å². The van der Waals surface area contributed by atoms with E-state index in [9.17, 15) is 9.59 Å². The largest absolute Gasteiger partial charge is 0.458 e. The number of carbonyl (C=O) groups is 2. The van der Waals surface area contributed by atoms with Crippen molar-refractivity contribution in [2.75, 3.05) is 0 Å². The third-order valence-corrected chi connectivity index (χ3v) is 1.83. The predicted octanol–water partition coefficient (Wildman–Crippen LogP) is 1.23. The molecule has 0 aliphatic carbocycles. The fraction of sp³-hybridized carbons (Fsp3) is 0.556. The van der Waals surface area contributed by atoms with Crippen molar-refractivity contribution >= 4 is 11.8 Å². The number of carbonyl (C=O) groups excluding carboxylic acids is 2. The summed E-state index contributed by atoms with van der Waals surface area (Å²) in [6.07, 6.45) is 3.30. The van der Waals surface area contributed by atoms with Crippen LogP contribution in [0.15, 0.2) is 12.7 Å². The van der Waals surface area contributed by atoms with E-state index < -0.39 is 5.97 Å². The average molecular weight is 168 g/mol. The molecule has 0 aromatic heterocycles. The number of hydrogen-bond donors (Lipinski definition) is 0. The third-order valence-electron chi connectivity index (χ3n) is 1.83. The zero-order valence-corrected chi connectivity index (χ0v) is 6.91. The third kappa shape index (κ3) is 2.49. The van der Waals surface area contributed by atoms with E-state index in [4.69, 9.17) is 4.74 Å². The first kappa shape index (κ1) is 8.97. The molecule has 1 aliphatic heterocycles. The van der Waals surface area contributed by atoms with Gasteiger partial charge in [0.1, 0.15) is 18.3 Å².